The summed E-state index contributed by atoms with van der Waals surface area (Å²) < 4.78 is 4.67. The Morgan fingerprint density at radius 3 is 2.90 bits per heavy atom. The van der Waals surface area contributed by atoms with Gasteiger partial charge in [-0.05, 0) is 6.42 Å². The molecule has 10 heavy (non-hydrogen) atoms. The maximum atomic E-state index is 10.5. The molecule has 1 aliphatic heterocycles. The Bertz CT molecular complexity index is 134. The summed E-state index contributed by atoms with van der Waals surface area (Å²) in [6.45, 7) is -0.349. The number of esters is 1. The number of carbonyl (C=O) groups excluding carboxylic acids is 1. The molecule has 0 aromatic heterocycles. The van der Waals surface area contributed by atoms with Gasteiger partial charge in [0.1, 0.15) is 12.2 Å². The molecule has 2 N–H and O–H groups in total. The second kappa shape index (κ2) is 2.98. The van der Waals surface area contributed by atoms with Crippen molar-refractivity contribution in [1.29, 1.82) is 0 Å². The fraction of sp³-hybridized carbons (Fsp3) is 0.833. The molecule has 0 amide bonds. The van der Waals surface area contributed by atoms with Gasteiger partial charge in [0.05, 0.1) is 6.61 Å². The molecule has 0 saturated carbocycles. The summed E-state index contributed by atoms with van der Waals surface area (Å²) in [7, 11) is 0. The number of rotatable bonds is 2. The van der Waals surface area contributed by atoms with Crippen molar-refractivity contribution in [2.24, 2.45) is 0 Å². The first-order valence-corrected chi connectivity index (χ1v) is 3.22. The summed E-state index contributed by atoms with van der Waals surface area (Å²) in [5.41, 5.74) is 0. The zero-order chi connectivity index (χ0) is 7.56. The van der Waals surface area contributed by atoms with Crippen LogP contribution < -0.4 is 0 Å². The first kappa shape index (κ1) is 7.50. The molecule has 0 aromatic rings. The second-order valence-corrected chi connectivity index (χ2v) is 2.32. The van der Waals surface area contributed by atoms with Crippen LogP contribution in [-0.2, 0) is 9.53 Å². The summed E-state index contributed by atoms with van der Waals surface area (Å²) in [5, 5.41) is 17.4. The molecule has 1 heterocycles. The molecule has 4 nitrogen and oxygen atoms in total. The van der Waals surface area contributed by atoms with E-state index in [4.69, 9.17) is 10.2 Å². The molecule has 0 radical (unpaired) electrons. The molecule has 1 fully saturated rings. The number of aliphatic hydroxyl groups excluding tert-OH is 2. The highest BCUT2D eigenvalue weighted by atomic mass is 16.6. The third-order valence-corrected chi connectivity index (χ3v) is 1.53. The minimum Gasteiger partial charge on any atom is -0.459 e. The molecular weight excluding hydrogens is 136 g/mol. The lowest BCUT2D eigenvalue weighted by Crippen LogP contribution is -2.28. The van der Waals surface area contributed by atoms with Crippen molar-refractivity contribution in [1.82, 2.24) is 0 Å². The predicted molar refractivity (Wildman–Crippen MR) is 32.2 cm³/mol. The van der Waals surface area contributed by atoms with E-state index in [0.717, 1.165) is 0 Å². The molecule has 0 bridgehead atoms. The van der Waals surface area contributed by atoms with Gasteiger partial charge in [0.2, 0.25) is 0 Å². The van der Waals surface area contributed by atoms with Crippen LogP contribution >= 0.6 is 0 Å². The van der Waals surface area contributed by atoms with Crippen LogP contribution in [0.15, 0.2) is 0 Å². The lowest BCUT2D eigenvalue weighted by molar-refractivity contribution is -0.146. The summed E-state index contributed by atoms with van der Waals surface area (Å²) in [6, 6.07) is 0. The molecule has 1 aliphatic rings. The van der Waals surface area contributed by atoms with Crippen LogP contribution in [0, 0.1) is 0 Å². The topological polar surface area (TPSA) is 66.8 Å². The van der Waals surface area contributed by atoms with Gasteiger partial charge >= 0.3 is 5.97 Å². The minimum absolute atomic E-state index is 0.294. The highest BCUT2D eigenvalue weighted by Crippen LogP contribution is 2.16. The summed E-state index contributed by atoms with van der Waals surface area (Å²) in [6.07, 6.45) is -0.536. The summed E-state index contributed by atoms with van der Waals surface area (Å²) in [4.78, 5) is 10.5. The number of carbonyl (C=O) groups is 1. The smallest absolute Gasteiger partial charge is 0.306 e. The van der Waals surface area contributed by atoms with Crippen LogP contribution in [0.2, 0.25) is 0 Å². The molecular formula is C6H10O4. The lowest BCUT2D eigenvalue weighted by atomic mass is 10.1. The second-order valence-electron chi connectivity index (χ2n) is 2.32. The first-order chi connectivity index (χ1) is 4.74. The Morgan fingerprint density at radius 1 is 1.80 bits per heavy atom. The Kier molecular flexibility index (Phi) is 2.24. The van der Waals surface area contributed by atoms with Crippen LogP contribution in [0.4, 0.5) is 0 Å². The van der Waals surface area contributed by atoms with Crippen molar-refractivity contribution in [3.63, 3.8) is 0 Å². The molecule has 0 aromatic carbocycles. The maximum Gasteiger partial charge on any atom is 0.306 e. The van der Waals surface area contributed by atoms with E-state index in [9.17, 15) is 4.79 Å². The first-order valence-electron chi connectivity index (χ1n) is 3.22. The Balaban J connectivity index is 2.36. The van der Waals surface area contributed by atoms with Gasteiger partial charge < -0.3 is 14.9 Å². The molecule has 1 rings (SSSR count). The standard InChI is InChI=1S/C6H10O4/c7-3-4(8)5-1-2-6(9)10-5/h4-5,7-8H,1-3H2/t4-,5+/m0/s1. The quantitative estimate of drug-likeness (QED) is 0.493. The van der Waals surface area contributed by atoms with E-state index in [-0.39, 0.29) is 12.6 Å². The zero-order valence-electron chi connectivity index (χ0n) is 5.49. The minimum atomic E-state index is -0.911. The molecule has 0 spiro atoms. The Morgan fingerprint density at radius 2 is 2.50 bits per heavy atom. The highest BCUT2D eigenvalue weighted by molar-refractivity contribution is 5.71. The van der Waals surface area contributed by atoms with E-state index < -0.39 is 12.2 Å². The Hall–Kier alpha value is -0.610. The molecule has 0 aliphatic carbocycles. The van der Waals surface area contributed by atoms with Gasteiger partial charge in [-0.3, -0.25) is 4.79 Å². The van der Waals surface area contributed by atoms with E-state index in [2.05, 4.69) is 4.74 Å². The van der Waals surface area contributed by atoms with Gasteiger partial charge in [-0.2, -0.15) is 0 Å². The summed E-state index contributed by atoms with van der Waals surface area (Å²) >= 11 is 0. The SMILES string of the molecule is O=C1CC[C@H]([C@@H](O)CO)O1. The van der Waals surface area contributed by atoms with Crippen molar-refractivity contribution in [2.75, 3.05) is 6.61 Å². The van der Waals surface area contributed by atoms with Gasteiger partial charge in [-0.25, -0.2) is 0 Å². The van der Waals surface area contributed by atoms with Crippen molar-refractivity contribution in [3.05, 3.63) is 0 Å². The predicted octanol–water partition coefficient (Wildman–Crippen LogP) is -0.955. The number of hydrogen-bond acceptors (Lipinski definition) is 4. The normalized spacial score (nSPS) is 28.2. The van der Waals surface area contributed by atoms with Crippen LogP contribution in [0.25, 0.3) is 0 Å². The summed E-state index contributed by atoms with van der Waals surface area (Å²) in [5.74, 6) is -0.294. The fourth-order valence-electron chi connectivity index (χ4n) is 0.935. The van der Waals surface area contributed by atoms with Crippen LogP contribution in [-0.4, -0.2) is 35.0 Å². The van der Waals surface area contributed by atoms with Gasteiger partial charge in [0, 0.05) is 6.42 Å². The highest BCUT2D eigenvalue weighted by Gasteiger charge is 2.28. The van der Waals surface area contributed by atoms with Crippen LogP contribution in [0.3, 0.4) is 0 Å². The third-order valence-electron chi connectivity index (χ3n) is 1.53. The average Bonchev–Trinajstić information content (AvgIpc) is 2.34. The van der Waals surface area contributed by atoms with Gasteiger partial charge in [-0.1, -0.05) is 0 Å². The monoisotopic (exact) mass is 146 g/mol. The maximum absolute atomic E-state index is 10.5. The van der Waals surface area contributed by atoms with E-state index in [1.165, 1.54) is 0 Å². The van der Waals surface area contributed by atoms with Gasteiger partial charge in [0.25, 0.3) is 0 Å². The zero-order valence-corrected chi connectivity index (χ0v) is 5.49. The molecule has 1 saturated heterocycles. The number of aliphatic hydroxyl groups is 2. The molecule has 2 atom stereocenters. The number of cyclic esters (lactones) is 1. The lowest BCUT2D eigenvalue weighted by Gasteiger charge is -2.13. The molecule has 4 heteroatoms. The van der Waals surface area contributed by atoms with E-state index >= 15 is 0 Å². The fourth-order valence-corrected chi connectivity index (χ4v) is 0.935. The van der Waals surface area contributed by atoms with Crippen molar-refractivity contribution in [3.8, 4) is 0 Å². The van der Waals surface area contributed by atoms with Crippen molar-refractivity contribution < 1.29 is 19.7 Å². The Labute approximate surface area is 58.4 Å². The molecule has 58 valence electrons. The van der Waals surface area contributed by atoms with E-state index in [0.29, 0.717) is 12.8 Å². The van der Waals surface area contributed by atoms with Gasteiger partial charge in [-0.15, -0.1) is 0 Å². The third kappa shape index (κ3) is 1.46. The number of ether oxygens (including phenoxy) is 1. The van der Waals surface area contributed by atoms with E-state index in [1.807, 2.05) is 0 Å². The largest absolute Gasteiger partial charge is 0.459 e. The number of hydrogen-bond donors (Lipinski definition) is 2. The van der Waals surface area contributed by atoms with Gasteiger partial charge in [0.15, 0.2) is 0 Å². The van der Waals surface area contributed by atoms with Crippen LogP contribution in [0.1, 0.15) is 12.8 Å². The van der Waals surface area contributed by atoms with Crippen molar-refractivity contribution in [2.45, 2.75) is 25.0 Å². The van der Waals surface area contributed by atoms with E-state index in [1.54, 1.807) is 0 Å². The van der Waals surface area contributed by atoms with Crippen LogP contribution in [0.5, 0.6) is 0 Å². The van der Waals surface area contributed by atoms with Crippen molar-refractivity contribution >= 4 is 5.97 Å². The average molecular weight is 146 g/mol. The molecule has 0 unspecified atom stereocenters.